The number of carbonyl (C=O) groups is 1. The second-order valence-electron chi connectivity index (χ2n) is 7.22. The Kier molecular flexibility index (Phi) is 5.74. The first-order chi connectivity index (χ1) is 15.0. The summed E-state index contributed by atoms with van der Waals surface area (Å²) in [5.74, 6) is -1.24. The number of fused-ring (bicyclic) bond motifs is 1. The van der Waals surface area contributed by atoms with Gasteiger partial charge in [0.05, 0.1) is 25.9 Å². The van der Waals surface area contributed by atoms with Crippen molar-refractivity contribution in [2.75, 3.05) is 19.1 Å². The summed E-state index contributed by atoms with van der Waals surface area (Å²) in [6, 6.07) is 17.6. The van der Waals surface area contributed by atoms with E-state index in [-0.39, 0.29) is 0 Å². The van der Waals surface area contributed by atoms with Crippen LogP contribution in [-0.4, -0.2) is 25.3 Å². The molecule has 1 heterocycles. The van der Waals surface area contributed by atoms with Crippen molar-refractivity contribution in [3.63, 3.8) is 0 Å². The highest BCUT2D eigenvalue weighted by molar-refractivity contribution is 6.22. The SMILES string of the molecule is COc1ccc(N2[C@H](Cl)c3ccccc3[C@@H](C(=O)O)[C@H]2c2ccc(F)cc2)c(OC)c1. The van der Waals surface area contributed by atoms with Crippen LogP contribution >= 0.6 is 11.6 Å². The molecule has 0 fully saturated rings. The number of benzene rings is 3. The number of nitrogens with zero attached hydrogens (tertiary/aromatic N) is 1. The Morgan fingerprint density at radius 1 is 1.00 bits per heavy atom. The zero-order chi connectivity index (χ0) is 22.1. The number of anilines is 1. The molecule has 0 spiro atoms. The third-order valence-electron chi connectivity index (χ3n) is 5.59. The van der Waals surface area contributed by atoms with Crippen molar-refractivity contribution in [1.29, 1.82) is 0 Å². The van der Waals surface area contributed by atoms with Crippen molar-refractivity contribution in [2.24, 2.45) is 0 Å². The molecule has 160 valence electrons. The minimum Gasteiger partial charge on any atom is -0.497 e. The summed E-state index contributed by atoms with van der Waals surface area (Å²) in [6.07, 6.45) is 0. The summed E-state index contributed by atoms with van der Waals surface area (Å²) in [5, 5.41) is 10.2. The van der Waals surface area contributed by atoms with Crippen molar-refractivity contribution in [3.05, 3.63) is 89.2 Å². The van der Waals surface area contributed by atoms with E-state index in [1.807, 2.05) is 17.0 Å². The minimum absolute atomic E-state index is 0.400. The van der Waals surface area contributed by atoms with E-state index in [9.17, 15) is 14.3 Å². The van der Waals surface area contributed by atoms with Crippen LogP contribution in [0.5, 0.6) is 11.5 Å². The number of hydrogen-bond acceptors (Lipinski definition) is 4. The third kappa shape index (κ3) is 3.68. The highest BCUT2D eigenvalue weighted by Crippen LogP contribution is 2.53. The normalized spacial score (nSPS) is 20.1. The number of hydrogen-bond donors (Lipinski definition) is 1. The van der Waals surface area contributed by atoms with Gasteiger partial charge in [-0.15, -0.1) is 0 Å². The summed E-state index contributed by atoms with van der Waals surface area (Å²) >= 11 is 6.97. The average Bonchev–Trinajstić information content (AvgIpc) is 2.79. The molecule has 0 radical (unpaired) electrons. The Labute approximate surface area is 184 Å². The second kappa shape index (κ2) is 8.47. The van der Waals surface area contributed by atoms with Crippen LogP contribution in [-0.2, 0) is 4.79 Å². The first kappa shape index (κ1) is 21.0. The van der Waals surface area contributed by atoms with Gasteiger partial charge in [0, 0.05) is 6.07 Å². The maximum Gasteiger partial charge on any atom is 0.313 e. The van der Waals surface area contributed by atoms with Gasteiger partial charge in [-0.25, -0.2) is 4.39 Å². The Hall–Kier alpha value is -3.25. The molecule has 1 aliphatic rings. The number of carboxylic acid groups (broad SMARTS) is 1. The Balaban J connectivity index is 1.98. The molecule has 7 heteroatoms. The summed E-state index contributed by atoms with van der Waals surface area (Å²) < 4.78 is 24.5. The molecule has 0 saturated carbocycles. The molecule has 3 aromatic rings. The molecule has 0 aromatic heterocycles. The molecule has 31 heavy (non-hydrogen) atoms. The summed E-state index contributed by atoms with van der Waals surface area (Å²) in [4.78, 5) is 14.3. The van der Waals surface area contributed by atoms with Gasteiger partial charge in [0.15, 0.2) is 0 Å². The smallest absolute Gasteiger partial charge is 0.313 e. The van der Waals surface area contributed by atoms with E-state index in [1.165, 1.54) is 19.2 Å². The van der Waals surface area contributed by atoms with Gasteiger partial charge in [-0.05, 0) is 41.0 Å². The molecule has 1 N–H and O–H groups in total. The van der Waals surface area contributed by atoms with Crippen molar-refractivity contribution in [2.45, 2.75) is 17.5 Å². The zero-order valence-corrected chi connectivity index (χ0v) is 17.7. The molecule has 5 nitrogen and oxygen atoms in total. The van der Waals surface area contributed by atoms with E-state index in [0.717, 1.165) is 0 Å². The number of alkyl halides is 1. The molecule has 4 rings (SSSR count). The van der Waals surface area contributed by atoms with Gasteiger partial charge < -0.3 is 19.5 Å². The van der Waals surface area contributed by atoms with Gasteiger partial charge in [0.25, 0.3) is 0 Å². The van der Waals surface area contributed by atoms with Gasteiger partial charge in [0.2, 0.25) is 0 Å². The minimum atomic E-state index is -0.997. The highest BCUT2D eigenvalue weighted by Gasteiger charge is 2.45. The van der Waals surface area contributed by atoms with E-state index >= 15 is 0 Å². The van der Waals surface area contributed by atoms with E-state index in [4.69, 9.17) is 21.1 Å². The van der Waals surface area contributed by atoms with Gasteiger partial charge in [-0.2, -0.15) is 0 Å². The van der Waals surface area contributed by atoms with Crippen LogP contribution < -0.4 is 14.4 Å². The molecule has 0 bridgehead atoms. The predicted molar refractivity (Wildman–Crippen MR) is 117 cm³/mol. The van der Waals surface area contributed by atoms with Crippen LogP contribution in [0.15, 0.2) is 66.7 Å². The molecule has 0 aliphatic carbocycles. The van der Waals surface area contributed by atoms with Gasteiger partial charge >= 0.3 is 5.97 Å². The first-order valence-electron chi connectivity index (χ1n) is 9.67. The highest BCUT2D eigenvalue weighted by atomic mass is 35.5. The zero-order valence-electron chi connectivity index (χ0n) is 17.0. The lowest BCUT2D eigenvalue weighted by atomic mass is 9.79. The molecule has 3 aromatic carbocycles. The largest absolute Gasteiger partial charge is 0.497 e. The summed E-state index contributed by atoms with van der Waals surface area (Å²) in [6.45, 7) is 0. The maximum atomic E-state index is 13.7. The predicted octanol–water partition coefficient (Wildman–Crippen LogP) is 5.51. The van der Waals surface area contributed by atoms with Crippen LogP contribution in [0.3, 0.4) is 0 Å². The summed E-state index contributed by atoms with van der Waals surface area (Å²) in [5.41, 5.74) is 1.90. The van der Waals surface area contributed by atoms with Crippen molar-refractivity contribution < 1.29 is 23.8 Å². The second-order valence-corrected chi connectivity index (χ2v) is 7.64. The maximum absolute atomic E-state index is 13.7. The van der Waals surface area contributed by atoms with Crippen molar-refractivity contribution >= 4 is 23.3 Å². The molecule has 0 unspecified atom stereocenters. The number of aliphatic carboxylic acids is 1. The molecule has 3 atom stereocenters. The topological polar surface area (TPSA) is 59.0 Å². The monoisotopic (exact) mass is 441 g/mol. The van der Waals surface area contributed by atoms with Crippen LogP contribution in [0.25, 0.3) is 0 Å². The van der Waals surface area contributed by atoms with Crippen LogP contribution in [0, 0.1) is 5.82 Å². The quantitative estimate of drug-likeness (QED) is 0.418. The lowest BCUT2D eigenvalue weighted by Gasteiger charge is -2.45. The van der Waals surface area contributed by atoms with Crippen molar-refractivity contribution in [1.82, 2.24) is 0 Å². The number of halogens is 2. The van der Waals surface area contributed by atoms with Gasteiger partial charge in [-0.3, -0.25) is 4.79 Å². The number of ether oxygens (including phenoxy) is 2. The fourth-order valence-corrected chi connectivity index (χ4v) is 4.61. The van der Waals surface area contributed by atoms with E-state index in [0.29, 0.717) is 33.9 Å². The molecule has 0 saturated heterocycles. The van der Waals surface area contributed by atoms with Gasteiger partial charge in [0.1, 0.15) is 28.7 Å². The number of rotatable bonds is 5. The van der Waals surface area contributed by atoms with E-state index in [1.54, 1.807) is 49.6 Å². The fraction of sp³-hybridized carbons (Fsp3) is 0.208. The Bertz CT molecular complexity index is 1100. The molecular weight excluding hydrogens is 421 g/mol. The van der Waals surface area contributed by atoms with Gasteiger partial charge in [-0.1, -0.05) is 48.0 Å². The Morgan fingerprint density at radius 2 is 1.68 bits per heavy atom. The fourth-order valence-electron chi connectivity index (χ4n) is 4.18. The number of carboxylic acids is 1. The van der Waals surface area contributed by atoms with E-state index < -0.39 is 29.2 Å². The standard InChI is InChI=1S/C24H21ClFNO4/c1-30-16-11-12-19(20(13-16)31-2)27-22(14-7-9-15(26)10-8-14)21(24(28)29)17-5-3-4-6-18(17)23(27)25/h3-13,21-23H,1-2H3,(H,28,29)/t21-,22-,23+/m1/s1. The third-order valence-corrected chi connectivity index (χ3v) is 6.04. The molecule has 1 aliphatic heterocycles. The van der Waals surface area contributed by atoms with E-state index in [2.05, 4.69) is 0 Å². The average molecular weight is 442 g/mol. The lowest BCUT2D eigenvalue weighted by Crippen LogP contribution is -2.42. The summed E-state index contributed by atoms with van der Waals surface area (Å²) in [7, 11) is 3.08. The number of methoxy groups -OCH3 is 2. The van der Waals surface area contributed by atoms with Crippen molar-refractivity contribution in [3.8, 4) is 11.5 Å². The van der Waals surface area contributed by atoms with Crippen LogP contribution in [0.4, 0.5) is 10.1 Å². The van der Waals surface area contributed by atoms with Crippen LogP contribution in [0.2, 0.25) is 0 Å². The molecular formula is C24H21ClFNO4. The molecule has 0 amide bonds. The Morgan fingerprint density at radius 3 is 2.29 bits per heavy atom. The first-order valence-corrected chi connectivity index (χ1v) is 10.1. The van der Waals surface area contributed by atoms with Crippen LogP contribution in [0.1, 0.15) is 34.2 Å². The lowest BCUT2D eigenvalue weighted by molar-refractivity contribution is -0.139.